The Labute approximate surface area is 262 Å². The summed E-state index contributed by atoms with van der Waals surface area (Å²) in [7, 11) is 1.67. The molecule has 10 nitrogen and oxygen atoms in total. The Balaban J connectivity index is 0.000000345. The minimum absolute atomic E-state index is 0.0628. The van der Waals surface area contributed by atoms with Gasteiger partial charge in [0.15, 0.2) is 5.60 Å². The lowest BCUT2D eigenvalue weighted by Crippen LogP contribution is -2.59. The number of carbonyl (C=O) groups is 3. The smallest absolute Gasteiger partial charge is 0.490 e. The van der Waals surface area contributed by atoms with Crippen molar-refractivity contribution in [3.63, 3.8) is 0 Å². The van der Waals surface area contributed by atoms with Gasteiger partial charge < -0.3 is 24.6 Å². The highest BCUT2D eigenvalue weighted by atomic mass is 32.1. The molecule has 0 saturated carbocycles. The number of hydrogen-bond acceptors (Lipinski definition) is 8. The zero-order chi connectivity index (χ0) is 34.1. The standard InChI is InChI=1S/C25H27N3O3S.2C2HF3O2/c1-30-22-6-4-19(5-7-22)14-27-16-23(21-3-2-9-26-13-21)25(18-27)24(29)28(10-11-31-25)15-20-8-12-32-17-20;2*3-2(4,5)1(6)7/h2-9,12-13,17,23H,10-11,14-16,18H2,1H3;2*(H,6,7). The number of amides is 1. The number of carboxylic acids is 2. The lowest BCUT2D eigenvalue weighted by molar-refractivity contribution is -0.193. The predicted octanol–water partition coefficient (Wildman–Crippen LogP) is 4.82. The number of ether oxygens (including phenoxy) is 2. The van der Waals surface area contributed by atoms with Crippen LogP contribution in [0.1, 0.15) is 22.6 Å². The van der Waals surface area contributed by atoms with Crippen LogP contribution in [-0.2, 0) is 32.2 Å². The van der Waals surface area contributed by atoms with Crippen LogP contribution in [0.5, 0.6) is 5.75 Å². The molecule has 2 saturated heterocycles. The molecule has 0 aliphatic carbocycles. The van der Waals surface area contributed by atoms with Crippen LogP contribution in [0.2, 0.25) is 0 Å². The first-order chi connectivity index (χ1) is 21.6. The van der Waals surface area contributed by atoms with E-state index in [0.29, 0.717) is 26.2 Å². The number of likely N-dealkylation sites (tertiary alicyclic amines) is 1. The number of alkyl halides is 6. The molecule has 4 heterocycles. The molecule has 17 heteroatoms. The molecule has 46 heavy (non-hydrogen) atoms. The van der Waals surface area contributed by atoms with Gasteiger partial charge in [0, 0.05) is 51.0 Å². The Morgan fingerprint density at radius 3 is 2.15 bits per heavy atom. The summed E-state index contributed by atoms with van der Waals surface area (Å²) in [5.41, 5.74) is 2.53. The summed E-state index contributed by atoms with van der Waals surface area (Å²) in [6, 6.07) is 14.2. The summed E-state index contributed by atoms with van der Waals surface area (Å²) in [5, 5.41) is 18.4. The molecule has 2 aliphatic rings. The molecule has 0 radical (unpaired) electrons. The molecule has 2 aliphatic heterocycles. The van der Waals surface area contributed by atoms with E-state index < -0.39 is 29.9 Å². The van der Waals surface area contributed by atoms with Gasteiger partial charge in [0.2, 0.25) is 0 Å². The van der Waals surface area contributed by atoms with Crippen molar-refractivity contribution in [1.29, 1.82) is 0 Å². The van der Waals surface area contributed by atoms with Gasteiger partial charge >= 0.3 is 24.3 Å². The molecule has 3 aromatic rings. The quantitative estimate of drug-likeness (QED) is 0.353. The van der Waals surface area contributed by atoms with Crippen LogP contribution in [0.4, 0.5) is 26.3 Å². The molecule has 1 aromatic carbocycles. The highest BCUT2D eigenvalue weighted by Gasteiger charge is 2.57. The second-order valence-electron chi connectivity index (χ2n) is 10.1. The molecule has 2 fully saturated rings. The number of hydrogen-bond donors (Lipinski definition) is 2. The molecule has 1 spiro atoms. The van der Waals surface area contributed by atoms with Crippen LogP contribution in [-0.4, -0.2) is 94.1 Å². The van der Waals surface area contributed by atoms with Crippen LogP contribution in [0.15, 0.2) is 65.6 Å². The van der Waals surface area contributed by atoms with E-state index in [4.69, 9.17) is 29.3 Å². The lowest BCUT2D eigenvalue weighted by Gasteiger charge is -2.42. The van der Waals surface area contributed by atoms with Crippen molar-refractivity contribution in [3.05, 3.63) is 82.3 Å². The molecule has 5 rings (SSSR count). The van der Waals surface area contributed by atoms with Crippen molar-refractivity contribution in [1.82, 2.24) is 14.8 Å². The van der Waals surface area contributed by atoms with Gasteiger partial charge in [-0.2, -0.15) is 37.7 Å². The number of aliphatic carboxylic acids is 2. The van der Waals surface area contributed by atoms with Gasteiger partial charge in [-0.1, -0.05) is 18.2 Å². The molecule has 2 N–H and O–H groups in total. The van der Waals surface area contributed by atoms with Crippen LogP contribution in [0, 0.1) is 0 Å². The third-order valence-electron chi connectivity index (χ3n) is 6.92. The Morgan fingerprint density at radius 1 is 1.02 bits per heavy atom. The maximum absolute atomic E-state index is 13.9. The number of methoxy groups -OCH3 is 1. The van der Waals surface area contributed by atoms with E-state index in [1.807, 2.05) is 29.3 Å². The van der Waals surface area contributed by atoms with Gasteiger partial charge in [-0.15, -0.1) is 0 Å². The van der Waals surface area contributed by atoms with Crippen molar-refractivity contribution in [2.24, 2.45) is 0 Å². The van der Waals surface area contributed by atoms with Crippen molar-refractivity contribution in [2.75, 3.05) is 33.4 Å². The van der Waals surface area contributed by atoms with Gasteiger partial charge in [-0.3, -0.25) is 14.7 Å². The summed E-state index contributed by atoms with van der Waals surface area (Å²) in [5.74, 6) is -4.65. The normalized spacial score (nSPS) is 19.9. The fourth-order valence-electron chi connectivity index (χ4n) is 4.86. The fourth-order valence-corrected chi connectivity index (χ4v) is 5.52. The van der Waals surface area contributed by atoms with E-state index in [9.17, 15) is 31.1 Å². The van der Waals surface area contributed by atoms with Crippen LogP contribution < -0.4 is 4.74 Å². The van der Waals surface area contributed by atoms with E-state index in [1.54, 1.807) is 24.6 Å². The SMILES string of the molecule is COc1ccc(CN2CC(c3cccnc3)C3(C2)OCCN(Cc2ccsc2)C3=O)cc1.O=C(O)C(F)(F)F.O=C(O)C(F)(F)F. The average Bonchev–Trinajstić information content (AvgIpc) is 3.64. The summed E-state index contributed by atoms with van der Waals surface area (Å²) < 4.78 is 75.1. The molecule has 2 aromatic heterocycles. The van der Waals surface area contributed by atoms with Crippen molar-refractivity contribution in [3.8, 4) is 5.75 Å². The number of rotatable bonds is 6. The highest BCUT2D eigenvalue weighted by Crippen LogP contribution is 2.42. The Kier molecular flexibility index (Phi) is 12.1. The maximum Gasteiger partial charge on any atom is 0.490 e. The molecular formula is C29H29F6N3O7S. The van der Waals surface area contributed by atoms with Gasteiger partial charge in [0.25, 0.3) is 5.91 Å². The van der Waals surface area contributed by atoms with E-state index in [2.05, 4.69) is 44.9 Å². The third-order valence-corrected chi connectivity index (χ3v) is 7.65. The minimum atomic E-state index is -5.08. The molecule has 2 unspecified atom stereocenters. The monoisotopic (exact) mass is 677 g/mol. The Hall–Kier alpha value is -4.22. The molecule has 2 atom stereocenters. The number of halogens is 6. The molecule has 250 valence electrons. The van der Waals surface area contributed by atoms with Crippen LogP contribution in [0.3, 0.4) is 0 Å². The average molecular weight is 678 g/mol. The summed E-state index contributed by atoms with van der Waals surface area (Å²) in [6.07, 6.45) is -6.52. The summed E-state index contributed by atoms with van der Waals surface area (Å²) in [4.78, 5) is 40.3. The molecule has 0 bridgehead atoms. The van der Waals surface area contributed by atoms with E-state index in [0.717, 1.165) is 24.4 Å². The first kappa shape index (κ1) is 36.3. The maximum atomic E-state index is 13.9. The Morgan fingerprint density at radius 2 is 1.65 bits per heavy atom. The first-order valence-corrected chi connectivity index (χ1v) is 14.3. The van der Waals surface area contributed by atoms with Gasteiger partial charge in [-0.25, -0.2) is 9.59 Å². The van der Waals surface area contributed by atoms with Gasteiger partial charge in [0.05, 0.1) is 13.7 Å². The highest BCUT2D eigenvalue weighted by molar-refractivity contribution is 7.07. The van der Waals surface area contributed by atoms with Gasteiger partial charge in [0.1, 0.15) is 5.75 Å². The number of aromatic nitrogens is 1. The topological polar surface area (TPSA) is 130 Å². The largest absolute Gasteiger partial charge is 0.497 e. The number of benzene rings is 1. The van der Waals surface area contributed by atoms with Crippen LogP contribution >= 0.6 is 11.3 Å². The van der Waals surface area contributed by atoms with Crippen LogP contribution in [0.25, 0.3) is 0 Å². The number of pyridine rings is 1. The summed E-state index contributed by atoms with van der Waals surface area (Å²) >= 11 is 1.66. The van der Waals surface area contributed by atoms with Crippen molar-refractivity contribution >= 4 is 29.2 Å². The number of nitrogens with zero attached hydrogens (tertiary/aromatic N) is 3. The number of carboxylic acid groups (broad SMARTS) is 2. The first-order valence-electron chi connectivity index (χ1n) is 13.4. The van der Waals surface area contributed by atoms with E-state index in [1.165, 1.54) is 11.1 Å². The van der Waals surface area contributed by atoms with E-state index >= 15 is 0 Å². The fraction of sp³-hybridized carbons (Fsp3) is 0.379. The Bertz CT molecular complexity index is 1420. The van der Waals surface area contributed by atoms with Crippen molar-refractivity contribution in [2.45, 2.75) is 37.0 Å². The van der Waals surface area contributed by atoms with Crippen molar-refractivity contribution < 1.29 is 60.4 Å². The number of carbonyl (C=O) groups excluding carboxylic acids is 1. The van der Waals surface area contributed by atoms with E-state index in [-0.39, 0.29) is 11.8 Å². The predicted molar refractivity (Wildman–Crippen MR) is 151 cm³/mol. The number of thiophene rings is 1. The molecular weight excluding hydrogens is 648 g/mol. The minimum Gasteiger partial charge on any atom is -0.497 e. The number of morpholine rings is 1. The zero-order valence-electron chi connectivity index (χ0n) is 24.1. The zero-order valence-corrected chi connectivity index (χ0v) is 24.9. The lowest BCUT2D eigenvalue weighted by atomic mass is 9.83. The second kappa shape index (κ2) is 15.4. The second-order valence-corrected chi connectivity index (χ2v) is 10.8. The third kappa shape index (κ3) is 9.64. The molecule has 1 amide bonds. The summed E-state index contributed by atoms with van der Waals surface area (Å²) in [6.45, 7) is 3.86. The van der Waals surface area contributed by atoms with Gasteiger partial charge in [-0.05, 0) is 51.7 Å².